The van der Waals surface area contributed by atoms with Gasteiger partial charge in [-0.2, -0.15) is 5.26 Å². The number of carbonyl (C=O) groups is 6. The molecule has 4 aromatic rings. The molecule has 0 amide bonds. The molecular formula is C61H63N5O19S2. The fourth-order valence-corrected chi connectivity index (χ4v) is 18.3. The molecule has 0 spiro atoms. The highest BCUT2D eigenvalue weighted by molar-refractivity contribution is 8.00. The predicted molar refractivity (Wildman–Crippen MR) is 306 cm³/mol. The number of methoxy groups -OCH3 is 2. The van der Waals surface area contributed by atoms with Crippen LogP contribution in [0.3, 0.4) is 0 Å². The number of nitrogens with zero attached hydrogens (tertiary/aromatic N) is 5. The summed E-state index contributed by atoms with van der Waals surface area (Å²) in [6, 6.07) is 1.58. The molecule has 14 rings (SSSR count). The van der Waals surface area contributed by atoms with Crippen LogP contribution in [0.25, 0.3) is 0 Å². The lowest BCUT2D eigenvalue weighted by atomic mass is 9.71. The van der Waals surface area contributed by atoms with Gasteiger partial charge in [0.2, 0.25) is 25.2 Å². The number of phenols is 2. The quantitative estimate of drug-likeness (QED) is 0.137. The van der Waals surface area contributed by atoms with E-state index in [0.717, 1.165) is 22.3 Å². The van der Waals surface area contributed by atoms with Crippen molar-refractivity contribution < 1.29 is 91.5 Å². The van der Waals surface area contributed by atoms with Crippen LogP contribution >= 0.6 is 23.5 Å². The van der Waals surface area contributed by atoms with E-state index >= 15 is 0 Å². The first-order valence-corrected chi connectivity index (χ1v) is 30.5. The van der Waals surface area contributed by atoms with Crippen molar-refractivity contribution in [2.45, 2.75) is 125 Å². The average molecular weight is 1230 g/mol. The van der Waals surface area contributed by atoms with Crippen LogP contribution in [0.1, 0.15) is 115 Å². The SMILES string of the molecule is COc1c(C)cc2c(c1O)[C@@H]1C3[C@@H]4SCC(=O)C(=O)OC[C@@H](c5c6c(c(C)c(OC(C)=O)c54)OCO6)N3[C@@H](C#N)[C@H](C2)N1C.COc1c(C)cc2c(c1O)[C@@H]1C3[C@@H]4SCC(=O)C(=O)OC[C@@H](c5c6c(c(C)c(OC(C)=O)c54)OCO6)N3[C@@H](O)[C@H](C2)N1C. The second-order valence-corrected chi connectivity index (χ2v) is 25.6. The van der Waals surface area contributed by atoms with Crippen molar-refractivity contribution in [2.24, 2.45) is 0 Å². The van der Waals surface area contributed by atoms with Crippen molar-refractivity contribution in [1.82, 2.24) is 19.6 Å². The number of carbonyl (C=O) groups excluding carboxylic acids is 6. The number of phenolic OH excluding ortho intramolecular Hbond substituents is 2. The molecule has 0 saturated carbocycles. The normalized spacial score (nSPS) is 29.0. The van der Waals surface area contributed by atoms with Gasteiger partial charge in [-0.05, 0) is 76.9 Å². The van der Waals surface area contributed by atoms with Crippen LogP contribution in [0.5, 0.6) is 57.5 Å². The number of esters is 4. The van der Waals surface area contributed by atoms with Gasteiger partial charge in [-0.1, -0.05) is 12.1 Å². The minimum absolute atomic E-state index is 0.0203. The molecule has 4 fully saturated rings. The van der Waals surface area contributed by atoms with Gasteiger partial charge in [0.25, 0.3) is 0 Å². The van der Waals surface area contributed by atoms with E-state index in [2.05, 4.69) is 20.8 Å². The Balaban J connectivity index is 0.000000161. The number of cyclic esters (lactones) is 2. The number of benzene rings is 4. The van der Waals surface area contributed by atoms with Gasteiger partial charge in [0.1, 0.15) is 37.0 Å². The number of aliphatic hydroxyl groups is 1. The molecule has 24 nitrogen and oxygen atoms in total. The molecule has 10 heterocycles. The largest absolute Gasteiger partial charge is 0.504 e. The monoisotopic (exact) mass is 1230 g/mol. The maximum absolute atomic E-state index is 12.9. The van der Waals surface area contributed by atoms with Crippen molar-refractivity contribution in [3.63, 3.8) is 0 Å². The van der Waals surface area contributed by atoms with Crippen molar-refractivity contribution in [1.29, 1.82) is 5.26 Å². The summed E-state index contributed by atoms with van der Waals surface area (Å²) in [5.41, 5.74) is 8.25. The molecule has 10 aliphatic rings. The summed E-state index contributed by atoms with van der Waals surface area (Å²) in [5, 5.41) is 45.0. The molecule has 0 radical (unpaired) electrons. The second kappa shape index (κ2) is 21.7. The third-order valence-corrected chi connectivity index (χ3v) is 21.5. The first-order chi connectivity index (χ1) is 41.6. The Kier molecular flexibility index (Phi) is 14.6. The van der Waals surface area contributed by atoms with Gasteiger partial charge in [-0.15, -0.1) is 23.5 Å². The van der Waals surface area contributed by atoms with Gasteiger partial charge in [-0.3, -0.25) is 38.8 Å². The minimum atomic E-state index is -1.03. The van der Waals surface area contributed by atoms with E-state index < -0.39 is 94.5 Å². The Labute approximate surface area is 507 Å². The zero-order chi connectivity index (χ0) is 61.7. The summed E-state index contributed by atoms with van der Waals surface area (Å²) in [6.45, 7) is 9.28. The molecule has 8 bridgehead atoms. The molecule has 4 aromatic carbocycles. The van der Waals surface area contributed by atoms with Crippen LogP contribution in [0, 0.1) is 39.0 Å². The summed E-state index contributed by atoms with van der Waals surface area (Å²) in [7, 11) is 6.87. The third-order valence-electron chi connectivity index (χ3n) is 18.9. The molecular weight excluding hydrogens is 1170 g/mol. The Morgan fingerprint density at radius 1 is 0.598 bits per heavy atom. The van der Waals surface area contributed by atoms with E-state index in [9.17, 15) is 49.3 Å². The zero-order valence-electron chi connectivity index (χ0n) is 49.2. The maximum atomic E-state index is 12.9. The highest BCUT2D eigenvalue weighted by Crippen LogP contribution is 2.66. The van der Waals surface area contributed by atoms with Gasteiger partial charge in [0, 0.05) is 76.5 Å². The fourth-order valence-electron chi connectivity index (χ4n) is 15.6. The van der Waals surface area contributed by atoms with Gasteiger partial charge in [0.15, 0.2) is 46.0 Å². The molecule has 26 heteroatoms. The molecule has 0 aliphatic carbocycles. The number of aliphatic hydroxyl groups excluding tert-OH is 1. The van der Waals surface area contributed by atoms with Gasteiger partial charge in [-0.25, -0.2) is 9.59 Å². The number of ether oxygens (including phenoxy) is 10. The summed E-state index contributed by atoms with van der Waals surface area (Å²) in [6.07, 6.45) is -0.0942. The topological polar surface area (TPSA) is 292 Å². The number of fused-ring (bicyclic) bond motifs is 18. The van der Waals surface area contributed by atoms with Crippen LogP contribution in [-0.2, 0) is 51.1 Å². The summed E-state index contributed by atoms with van der Waals surface area (Å²) in [5.74, 6) is -1.74. The van der Waals surface area contributed by atoms with Crippen LogP contribution in [-0.4, -0.2) is 173 Å². The van der Waals surface area contributed by atoms with Gasteiger partial charge in [0.05, 0.1) is 72.5 Å². The molecule has 4 saturated heterocycles. The van der Waals surface area contributed by atoms with Crippen molar-refractivity contribution in [2.75, 3.05) is 66.6 Å². The molecule has 87 heavy (non-hydrogen) atoms. The highest BCUT2D eigenvalue weighted by Gasteiger charge is 2.63. The number of rotatable bonds is 4. The molecule has 0 aromatic heterocycles. The van der Waals surface area contributed by atoms with Crippen LogP contribution < -0.4 is 37.9 Å². The Morgan fingerprint density at radius 2 is 1.01 bits per heavy atom. The number of thioether (sulfide) groups is 2. The van der Waals surface area contributed by atoms with E-state index in [1.807, 2.05) is 45.0 Å². The van der Waals surface area contributed by atoms with E-state index in [4.69, 9.17) is 47.4 Å². The lowest BCUT2D eigenvalue weighted by Crippen LogP contribution is -2.69. The molecule has 2 unspecified atom stereocenters. The Bertz CT molecular complexity index is 3760. The van der Waals surface area contributed by atoms with Crippen LogP contribution in [0.2, 0.25) is 0 Å². The smallest absolute Gasteiger partial charge is 0.375 e. The minimum Gasteiger partial charge on any atom is -0.504 e. The number of likely N-dealkylation sites (N-methyl/N-ethyl adjacent to an activating group) is 2. The predicted octanol–water partition coefficient (Wildman–Crippen LogP) is 5.03. The molecule has 12 atom stereocenters. The zero-order valence-corrected chi connectivity index (χ0v) is 50.8. The Hall–Kier alpha value is -7.51. The average Bonchev–Trinajstić information content (AvgIpc) is 1.32. The first-order valence-electron chi connectivity index (χ1n) is 28.4. The summed E-state index contributed by atoms with van der Waals surface area (Å²) < 4.78 is 57.9. The first kappa shape index (κ1) is 58.5. The van der Waals surface area contributed by atoms with E-state index in [-0.39, 0.29) is 67.6 Å². The van der Waals surface area contributed by atoms with E-state index in [1.165, 1.54) is 51.6 Å². The Morgan fingerprint density at radius 3 is 1.45 bits per heavy atom. The van der Waals surface area contributed by atoms with Crippen LogP contribution in [0.4, 0.5) is 0 Å². The summed E-state index contributed by atoms with van der Waals surface area (Å²) in [4.78, 5) is 84.3. The number of aromatic hydroxyl groups is 2. The highest BCUT2D eigenvalue weighted by atomic mass is 32.2. The maximum Gasteiger partial charge on any atom is 0.375 e. The van der Waals surface area contributed by atoms with E-state index in [1.54, 1.807) is 13.8 Å². The third kappa shape index (κ3) is 8.64. The number of piperazine rings is 2. The van der Waals surface area contributed by atoms with Crippen molar-refractivity contribution >= 4 is 59.0 Å². The van der Waals surface area contributed by atoms with Crippen LogP contribution in [0.15, 0.2) is 12.1 Å². The molecule has 3 N–H and O–H groups in total. The number of Topliss-reactive ketones (excluding diaryl/α,β-unsaturated/α-hetero) is 2. The summed E-state index contributed by atoms with van der Waals surface area (Å²) >= 11 is 2.42. The van der Waals surface area contributed by atoms with Crippen molar-refractivity contribution in [3.05, 3.63) is 78.9 Å². The number of nitriles is 1. The number of hydrogen-bond donors (Lipinski definition) is 3. The standard InChI is InChI=1S/C31H31N3O9S.C30H32N2O10S/c1-12-6-15-7-16-17(8-32)34-18-9-40-31(38)19(36)10-44-30(24(34)23(33(16)4)20(15)25(37)26(12)39-5)22-21(18)29-28(41-11-42-29)13(2)27(22)43-14(3)35;1-11-6-14-7-15-29(36)32-16-8-39-30(37)17(34)9-43-28(22(32)21(31(15)4)18(14)23(35)24(11)38-5)20-19(16)27-26(40-10-41-27)12(2)25(20)42-13(3)33/h6,16-18,23-24,30,37H,7,9-11H2,1-5H3;6,15-16,21-22,28-29,35-36H,7-10H2,1-5H3/t16-,17-,18-,23+,24?,30+;15-,16-,21+,22?,28+,29-/m00/s1. The lowest BCUT2D eigenvalue weighted by molar-refractivity contribution is -0.184. The van der Waals surface area contributed by atoms with Gasteiger partial charge < -0.3 is 62.7 Å². The number of aryl methyl sites for hydroxylation is 2. The van der Waals surface area contributed by atoms with Gasteiger partial charge >= 0.3 is 23.9 Å². The lowest BCUT2D eigenvalue weighted by Gasteiger charge is -2.61. The number of hydrogen-bond acceptors (Lipinski definition) is 26. The molecule has 458 valence electrons. The van der Waals surface area contributed by atoms with Crippen molar-refractivity contribution in [3.8, 4) is 63.6 Å². The molecule has 10 aliphatic heterocycles. The second-order valence-electron chi connectivity index (χ2n) is 23.3. The number of ketones is 2. The van der Waals surface area contributed by atoms with E-state index in [0.29, 0.717) is 97.6 Å². The fraction of sp³-hybridized carbons (Fsp3) is 0.492.